The Bertz CT molecular complexity index is 392. The lowest BCUT2D eigenvalue weighted by atomic mass is 10.4. The highest BCUT2D eigenvalue weighted by Gasteiger charge is 2.15. The van der Waals surface area contributed by atoms with E-state index in [9.17, 15) is 4.79 Å². The van der Waals surface area contributed by atoms with Crippen LogP contribution in [0.15, 0.2) is 4.79 Å². The van der Waals surface area contributed by atoms with E-state index in [-0.39, 0.29) is 5.69 Å². The molecule has 15 heavy (non-hydrogen) atoms. The third-order valence-electron chi connectivity index (χ3n) is 2.55. The molecule has 0 aliphatic carbocycles. The number of nitrogens with zero attached hydrogens (tertiary/aromatic N) is 4. The maximum Gasteiger partial charge on any atom is 0.346 e. The average molecular weight is 211 g/mol. The SMILES string of the molecule is CN(C)CCn1nc2n(c1=O)CCNC2. The molecule has 1 aliphatic rings. The zero-order valence-electron chi connectivity index (χ0n) is 9.23. The summed E-state index contributed by atoms with van der Waals surface area (Å²) in [7, 11) is 3.98. The normalized spacial score (nSPS) is 15.7. The largest absolute Gasteiger partial charge is 0.346 e. The maximum absolute atomic E-state index is 11.8. The van der Waals surface area contributed by atoms with Crippen molar-refractivity contribution in [2.24, 2.45) is 0 Å². The monoisotopic (exact) mass is 211 g/mol. The van der Waals surface area contributed by atoms with E-state index < -0.39 is 0 Å². The van der Waals surface area contributed by atoms with Gasteiger partial charge in [0.1, 0.15) is 5.82 Å². The number of hydrogen-bond acceptors (Lipinski definition) is 4. The summed E-state index contributed by atoms with van der Waals surface area (Å²) in [5, 5.41) is 7.50. The standard InChI is InChI=1S/C9H17N5O/c1-12(2)5-6-14-9(15)13-4-3-10-7-8(13)11-14/h10H,3-7H2,1-2H3. The summed E-state index contributed by atoms with van der Waals surface area (Å²) >= 11 is 0. The molecule has 0 saturated heterocycles. The third-order valence-corrected chi connectivity index (χ3v) is 2.55. The molecule has 1 N–H and O–H groups in total. The first-order chi connectivity index (χ1) is 7.18. The summed E-state index contributed by atoms with van der Waals surface area (Å²) in [5.41, 5.74) is 0.0216. The number of likely N-dealkylation sites (N-methyl/N-ethyl adjacent to an activating group) is 1. The molecule has 0 amide bonds. The van der Waals surface area contributed by atoms with E-state index in [1.165, 1.54) is 0 Å². The fourth-order valence-electron chi connectivity index (χ4n) is 1.67. The predicted molar refractivity (Wildman–Crippen MR) is 56.7 cm³/mol. The smallest absolute Gasteiger partial charge is 0.308 e. The lowest BCUT2D eigenvalue weighted by Gasteiger charge is -2.11. The lowest BCUT2D eigenvalue weighted by Crippen LogP contribution is -2.35. The van der Waals surface area contributed by atoms with Crippen LogP contribution in [0.5, 0.6) is 0 Å². The molecule has 1 aliphatic heterocycles. The van der Waals surface area contributed by atoms with Gasteiger partial charge in [-0.2, -0.15) is 5.10 Å². The van der Waals surface area contributed by atoms with E-state index in [2.05, 4.69) is 10.4 Å². The van der Waals surface area contributed by atoms with Crippen LogP contribution in [0.25, 0.3) is 0 Å². The van der Waals surface area contributed by atoms with Crippen LogP contribution in [-0.4, -0.2) is 46.4 Å². The van der Waals surface area contributed by atoms with Crippen molar-refractivity contribution in [1.82, 2.24) is 24.6 Å². The van der Waals surface area contributed by atoms with Crippen molar-refractivity contribution < 1.29 is 0 Å². The first kappa shape index (κ1) is 10.4. The molecule has 2 heterocycles. The van der Waals surface area contributed by atoms with Gasteiger partial charge in [0.25, 0.3) is 0 Å². The number of fused-ring (bicyclic) bond motifs is 1. The van der Waals surface area contributed by atoms with E-state index in [4.69, 9.17) is 0 Å². The quantitative estimate of drug-likeness (QED) is 0.676. The van der Waals surface area contributed by atoms with Gasteiger partial charge in [0, 0.05) is 19.6 Å². The van der Waals surface area contributed by atoms with Crippen LogP contribution in [0.2, 0.25) is 0 Å². The van der Waals surface area contributed by atoms with Crippen molar-refractivity contribution in [2.45, 2.75) is 19.6 Å². The molecule has 84 valence electrons. The van der Waals surface area contributed by atoms with Gasteiger partial charge in [0.15, 0.2) is 0 Å². The highest BCUT2D eigenvalue weighted by molar-refractivity contribution is 4.90. The Morgan fingerprint density at radius 1 is 1.53 bits per heavy atom. The Morgan fingerprint density at radius 2 is 2.33 bits per heavy atom. The molecule has 0 aromatic carbocycles. The highest BCUT2D eigenvalue weighted by Crippen LogP contribution is 1.97. The van der Waals surface area contributed by atoms with E-state index in [0.29, 0.717) is 13.1 Å². The Balaban J connectivity index is 2.18. The van der Waals surface area contributed by atoms with Crippen LogP contribution in [0, 0.1) is 0 Å². The third kappa shape index (κ3) is 2.10. The highest BCUT2D eigenvalue weighted by atomic mass is 16.2. The molecule has 6 nitrogen and oxygen atoms in total. The summed E-state index contributed by atoms with van der Waals surface area (Å²) in [6.45, 7) is 3.78. The Morgan fingerprint density at radius 3 is 3.00 bits per heavy atom. The zero-order chi connectivity index (χ0) is 10.8. The van der Waals surface area contributed by atoms with Gasteiger partial charge >= 0.3 is 5.69 Å². The van der Waals surface area contributed by atoms with Gasteiger partial charge in [-0.3, -0.25) is 4.57 Å². The summed E-state index contributed by atoms with van der Waals surface area (Å²) in [6.07, 6.45) is 0. The minimum Gasteiger partial charge on any atom is -0.308 e. The van der Waals surface area contributed by atoms with Gasteiger partial charge in [-0.05, 0) is 14.1 Å². The second-order valence-electron chi connectivity index (χ2n) is 4.05. The van der Waals surface area contributed by atoms with E-state index in [0.717, 1.165) is 25.5 Å². The molecular weight excluding hydrogens is 194 g/mol. The fourth-order valence-corrected chi connectivity index (χ4v) is 1.67. The number of hydrogen-bond donors (Lipinski definition) is 1. The molecule has 0 bridgehead atoms. The van der Waals surface area contributed by atoms with Crippen LogP contribution in [0.1, 0.15) is 5.82 Å². The Labute approximate surface area is 88.5 Å². The van der Waals surface area contributed by atoms with Crippen molar-refractivity contribution in [3.8, 4) is 0 Å². The second-order valence-corrected chi connectivity index (χ2v) is 4.05. The van der Waals surface area contributed by atoms with Crippen LogP contribution in [-0.2, 0) is 19.6 Å². The van der Waals surface area contributed by atoms with Crippen molar-refractivity contribution in [3.05, 3.63) is 16.3 Å². The van der Waals surface area contributed by atoms with Crippen LogP contribution in [0.3, 0.4) is 0 Å². The van der Waals surface area contributed by atoms with Crippen LogP contribution < -0.4 is 11.0 Å². The first-order valence-corrected chi connectivity index (χ1v) is 5.20. The van der Waals surface area contributed by atoms with Crippen molar-refractivity contribution in [1.29, 1.82) is 0 Å². The molecule has 1 aromatic rings. The average Bonchev–Trinajstić information content (AvgIpc) is 2.54. The summed E-state index contributed by atoms with van der Waals surface area (Å²) in [4.78, 5) is 13.9. The van der Waals surface area contributed by atoms with E-state index in [1.807, 2.05) is 19.0 Å². The van der Waals surface area contributed by atoms with Crippen molar-refractivity contribution >= 4 is 0 Å². The van der Waals surface area contributed by atoms with Crippen LogP contribution in [0.4, 0.5) is 0 Å². The number of aromatic nitrogens is 3. The fraction of sp³-hybridized carbons (Fsp3) is 0.778. The molecule has 0 unspecified atom stereocenters. The predicted octanol–water partition coefficient (Wildman–Crippen LogP) is -1.29. The van der Waals surface area contributed by atoms with Gasteiger partial charge in [-0.1, -0.05) is 0 Å². The minimum absolute atomic E-state index is 0.0216. The number of rotatable bonds is 3. The lowest BCUT2D eigenvalue weighted by molar-refractivity contribution is 0.368. The number of nitrogens with one attached hydrogen (secondary N) is 1. The molecular formula is C9H17N5O. The van der Waals surface area contributed by atoms with Gasteiger partial charge in [-0.25, -0.2) is 9.48 Å². The molecule has 1 aromatic heterocycles. The molecule has 2 rings (SSSR count). The molecule has 0 saturated carbocycles. The second kappa shape index (κ2) is 4.16. The van der Waals surface area contributed by atoms with Gasteiger partial charge in [0.2, 0.25) is 0 Å². The molecule has 6 heteroatoms. The van der Waals surface area contributed by atoms with Crippen molar-refractivity contribution in [2.75, 3.05) is 27.2 Å². The maximum atomic E-state index is 11.8. The summed E-state index contributed by atoms with van der Waals surface area (Å²) in [5.74, 6) is 0.852. The topological polar surface area (TPSA) is 55.1 Å². The minimum atomic E-state index is 0.0216. The van der Waals surface area contributed by atoms with E-state index >= 15 is 0 Å². The molecule has 0 atom stereocenters. The van der Waals surface area contributed by atoms with Gasteiger partial charge in [0.05, 0.1) is 13.1 Å². The Hall–Kier alpha value is -1.14. The molecule has 0 spiro atoms. The zero-order valence-corrected chi connectivity index (χ0v) is 9.23. The van der Waals surface area contributed by atoms with Crippen LogP contribution >= 0.6 is 0 Å². The molecule has 0 fully saturated rings. The van der Waals surface area contributed by atoms with Crippen molar-refractivity contribution in [3.63, 3.8) is 0 Å². The summed E-state index contributed by atoms with van der Waals surface area (Å²) < 4.78 is 3.31. The van der Waals surface area contributed by atoms with Gasteiger partial charge in [-0.15, -0.1) is 0 Å². The Kier molecular flexibility index (Phi) is 2.88. The summed E-state index contributed by atoms with van der Waals surface area (Å²) in [6, 6.07) is 0. The van der Waals surface area contributed by atoms with E-state index in [1.54, 1.807) is 9.25 Å². The van der Waals surface area contributed by atoms with Gasteiger partial charge < -0.3 is 10.2 Å². The molecule has 0 radical (unpaired) electrons. The first-order valence-electron chi connectivity index (χ1n) is 5.20.